The average Bonchev–Trinajstić information content (AvgIpc) is 4.15. The van der Waals surface area contributed by atoms with E-state index in [1.54, 1.807) is 0 Å². The zero-order valence-electron chi connectivity index (χ0n) is 37.5. The molecule has 0 fully saturated rings. The van der Waals surface area contributed by atoms with Crippen LogP contribution >= 0.6 is 0 Å². The van der Waals surface area contributed by atoms with Gasteiger partial charge in [0.25, 0.3) is 0 Å². The Balaban J connectivity index is 1.08. The molecule has 6 nitrogen and oxygen atoms in total. The van der Waals surface area contributed by atoms with Crippen molar-refractivity contribution in [1.29, 1.82) is 10.5 Å². The first-order valence-electron chi connectivity index (χ1n) is 23.6. The van der Waals surface area contributed by atoms with Crippen LogP contribution in [0, 0.1) is 22.7 Å². The molecule has 6 heteroatoms. The van der Waals surface area contributed by atoms with E-state index in [4.69, 9.17) is 0 Å². The van der Waals surface area contributed by atoms with Crippen molar-refractivity contribution in [1.82, 2.24) is 18.3 Å². The molecule has 4 heterocycles. The van der Waals surface area contributed by atoms with Gasteiger partial charge in [-0.05, 0) is 106 Å². The molecule has 0 saturated heterocycles. The molecule has 0 atom stereocenters. The molecule has 15 aromatic rings. The fraction of sp³-hybridized carbons (Fsp3) is 0. The van der Waals surface area contributed by atoms with Gasteiger partial charge >= 0.3 is 0 Å². The fourth-order valence-corrected chi connectivity index (χ4v) is 11.9. The summed E-state index contributed by atoms with van der Waals surface area (Å²) in [6.45, 7) is 0. The highest BCUT2D eigenvalue weighted by atomic mass is 15.1. The molecule has 15 rings (SSSR count). The molecule has 0 radical (unpaired) electrons. The zero-order valence-corrected chi connectivity index (χ0v) is 37.5. The molecular weight excluding hydrogens is 853 g/mol. The number of benzene rings is 11. The average molecular weight is 889 g/mol. The molecule has 11 aromatic carbocycles. The maximum Gasteiger partial charge on any atom is 0.101 e. The van der Waals surface area contributed by atoms with Crippen molar-refractivity contribution in [3.8, 4) is 34.9 Å². The lowest BCUT2D eigenvalue weighted by Gasteiger charge is -2.20. The van der Waals surface area contributed by atoms with E-state index in [0.717, 1.165) is 98.6 Å². The third-order valence-electron chi connectivity index (χ3n) is 14.8. The van der Waals surface area contributed by atoms with E-state index in [1.807, 2.05) is 12.1 Å². The monoisotopic (exact) mass is 888 g/mol. The van der Waals surface area contributed by atoms with E-state index in [-0.39, 0.29) is 0 Å². The fourth-order valence-electron chi connectivity index (χ4n) is 11.9. The van der Waals surface area contributed by atoms with Gasteiger partial charge in [-0.1, -0.05) is 133 Å². The molecule has 0 spiro atoms. The lowest BCUT2D eigenvalue weighted by molar-refractivity contribution is 1.08. The number of rotatable bonds is 4. The Hall–Kier alpha value is -9.88. The summed E-state index contributed by atoms with van der Waals surface area (Å²) in [5, 5.41) is 36.1. The summed E-state index contributed by atoms with van der Waals surface area (Å²) in [4.78, 5) is 0. The van der Waals surface area contributed by atoms with Gasteiger partial charge in [0.1, 0.15) is 12.1 Å². The standard InChI is InChI=1S/C64H36N6/c65-37-41-25-26-42(38-66)64(70-58-34-30-44(36-52(58)62-46-16-4-2-14-40(46)28-32-60(62)70)68-55-23-11-7-19-49(55)50-20-8-12-24-56(50)68)63(41)69-57-33-29-43(35-51(57)61-45-15-3-1-13-39(45)27-31-59(61)69)67-53-21-9-5-17-47(53)48-18-6-10-22-54(48)67/h1-36H. The summed E-state index contributed by atoms with van der Waals surface area (Å²) in [7, 11) is 0. The van der Waals surface area contributed by atoms with Crippen LogP contribution in [0.15, 0.2) is 218 Å². The Kier molecular flexibility index (Phi) is 7.82. The maximum atomic E-state index is 11.3. The van der Waals surface area contributed by atoms with Crippen molar-refractivity contribution in [2.75, 3.05) is 0 Å². The third kappa shape index (κ3) is 5.08. The molecule has 0 amide bonds. The molecule has 0 saturated carbocycles. The number of nitrogens with zero attached hydrogens (tertiary/aromatic N) is 6. The van der Waals surface area contributed by atoms with E-state index in [2.05, 4.69) is 237 Å². The van der Waals surface area contributed by atoms with Crippen molar-refractivity contribution in [3.63, 3.8) is 0 Å². The topological polar surface area (TPSA) is 67.3 Å². The summed E-state index contributed by atoms with van der Waals surface area (Å²) in [5.74, 6) is 0. The minimum absolute atomic E-state index is 0.463. The Morgan fingerprint density at radius 3 is 0.943 bits per heavy atom. The summed E-state index contributed by atoms with van der Waals surface area (Å²) >= 11 is 0. The quantitative estimate of drug-likeness (QED) is 0.177. The van der Waals surface area contributed by atoms with E-state index < -0.39 is 0 Å². The number of aromatic nitrogens is 4. The predicted molar refractivity (Wildman–Crippen MR) is 288 cm³/mol. The zero-order chi connectivity index (χ0) is 46.2. The second-order valence-corrected chi connectivity index (χ2v) is 18.3. The van der Waals surface area contributed by atoms with Crippen LogP contribution in [-0.2, 0) is 0 Å². The largest absolute Gasteiger partial charge is 0.309 e. The van der Waals surface area contributed by atoms with Crippen molar-refractivity contribution < 1.29 is 0 Å². The van der Waals surface area contributed by atoms with E-state index >= 15 is 0 Å². The molecule has 4 aromatic heterocycles. The van der Waals surface area contributed by atoms with Gasteiger partial charge in [-0.25, -0.2) is 0 Å². The molecule has 0 aliphatic rings. The highest BCUT2D eigenvalue weighted by molar-refractivity contribution is 6.24. The molecule has 0 bridgehead atoms. The van der Waals surface area contributed by atoms with Crippen molar-refractivity contribution in [2.24, 2.45) is 0 Å². The number of para-hydroxylation sites is 4. The van der Waals surface area contributed by atoms with Crippen LogP contribution < -0.4 is 0 Å². The summed E-state index contributed by atoms with van der Waals surface area (Å²) in [6.07, 6.45) is 0. The normalized spacial score (nSPS) is 12.0. The van der Waals surface area contributed by atoms with Crippen molar-refractivity contribution in [3.05, 3.63) is 230 Å². The molecule has 70 heavy (non-hydrogen) atoms. The first kappa shape index (κ1) is 38.2. The van der Waals surface area contributed by atoms with Crippen LogP contribution in [0.2, 0.25) is 0 Å². The number of nitriles is 2. The minimum Gasteiger partial charge on any atom is -0.309 e. The van der Waals surface area contributed by atoms with Gasteiger partial charge in [0, 0.05) is 54.5 Å². The lowest BCUT2D eigenvalue weighted by atomic mass is 10.0. The molecule has 322 valence electrons. The van der Waals surface area contributed by atoms with E-state index in [9.17, 15) is 10.5 Å². The number of fused-ring (bicyclic) bond motifs is 16. The molecule has 0 aliphatic carbocycles. The Morgan fingerprint density at radius 1 is 0.257 bits per heavy atom. The van der Waals surface area contributed by atoms with Gasteiger partial charge in [-0.2, -0.15) is 10.5 Å². The summed E-state index contributed by atoms with van der Waals surface area (Å²) in [5.41, 5.74) is 12.6. The van der Waals surface area contributed by atoms with Crippen LogP contribution in [-0.4, -0.2) is 18.3 Å². The van der Waals surface area contributed by atoms with Gasteiger partial charge in [-0.3, -0.25) is 0 Å². The van der Waals surface area contributed by atoms with Gasteiger partial charge < -0.3 is 18.3 Å². The minimum atomic E-state index is 0.463. The molecule has 0 unspecified atom stereocenters. The van der Waals surface area contributed by atoms with Gasteiger partial charge in [0.05, 0.1) is 66.6 Å². The molecular formula is C64H36N6. The maximum absolute atomic E-state index is 11.3. The van der Waals surface area contributed by atoms with Crippen LogP contribution in [0.4, 0.5) is 0 Å². The molecule has 0 aliphatic heterocycles. The van der Waals surface area contributed by atoms with Crippen LogP contribution in [0.5, 0.6) is 0 Å². The second-order valence-electron chi connectivity index (χ2n) is 18.3. The van der Waals surface area contributed by atoms with Gasteiger partial charge in [0.2, 0.25) is 0 Å². The van der Waals surface area contributed by atoms with Gasteiger partial charge in [-0.15, -0.1) is 0 Å². The van der Waals surface area contributed by atoms with Crippen molar-refractivity contribution >= 4 is 109 Å². The highest BCUT2D eigenvalue weighted by Crippen LogP contribution is 2.45. The third-order valence-corrected chi connectivity index (χ3v) is 14.8. The van der Waals surface area contributed by atoms with Crippen molar-refractivity contribution in [2.45, 2.75) is 0 Å². The van der Waals surface area contributed by atoms with Crippen LogP contribution in [0.25, 0.3) is 132 Å². The number of hydrogen-bond donors (Lipinski definition) is 0. The first-order valence-corrected chi connectivity index (χ1v) is 23.6. The van der Waals surface area contributed by atoms with Crippen LogP contribution in [0.1, 0.15) is 11.1 Å². The lowest BCUT2D eigenvalue weighted by Crippen LogP contribution is -2.08. The highest BCUT2D eigenvalue weighted by Gasteiger charge is 2.27. The Bertz CT molecular complexity index is 4450. The van der Waals surface area contributed by atoms with Crippen LogP contribution in [0.3, 0.4) is 0 Å². The SMILES string of the molecule is N#Cc1ccc(C#N)c(-n2c3ccc(-n4c5ccccc5c5ccccc54)cc3c3c4ccccc4ccc32)c1-n1c2ccc(-n3c4ccccc4c4ccccc43)cc2c2c3ccccc3ccc21. The Morgan fingerprint density at radius 2 is 0.571 bits per heavy atom. The second kappa shape index (κ2) is 14.3. The predicted octanol–water partition coefficient (Wildman–Crippen LogP) is 16.1. The first-order chi connectivity index (χ1) is 34.7. The molecule has 0 N–H and O–H groups in total. The smallest absolute Gasteiger partial charge is 0.101 e. The van der Waals surface area contributed by atoms with Gasteiger partial charge in [0.15, 0.2) is 0 Å². The summed E-state index contributed by atoms with van der Waals surface area (Å²) in [6, 6.07) is 82.4. The van der Waals surface area contributed by atoms with E-state index in [0.29, 0.717) is 22.5 Å². The number of hydrogen-bond acceptors (Lipinski definition) is 2. The van der Waals surface area contributed by atoms with E-state index in [1.165, 1.54) is 21.5 Å². The Labute approximate surface area is 400 Å². The summed E-state index contributed by atoms with van der Waals surface area (Å²) < 4.78 is 9.20.